The summed E-state index contributed by atoms with van der Waals surface area (Å²) in [6.45, 7) is 1.23. The summed E-state index contributed by atoms with van der Waals surface area (Å²) in [7, 11) is 0. The number of benzene rings is 1. The van der Waals surface area contributed by atoms with Gasteiger partial charge in [0, 0.05) is 18.0 Å². The van der Waals surface area contributed by atoms with Crippen LogP contribution in [-0.2, 0) is 13.0 Å². The van der Waals surface area contributed by atoms with Crippen molar-refractivity contribution in [2.24, 2.45) is 0 Å². The Hall–Kier alpha value is -1.88. The highest BCUT2D eigenvalue weighted by Crippen LogP contribution is 2.26. The average molecular weight is 276 g/mol. The van der Waals surface area contributed by atoms with Crippen LogP contribution in [0.4, 0.5) is 10.1 Å². The van der Waals surface area contributed by atoms with Gasteiger partial charge in [-0.05, 0) is 35.6 Å². The van der Waals surface area contributed by atoms with Crippen LogP contribution in [0.15, 0.2) is 29.6 Å². The topological polar surface area (TPSA) is 46.3 Å². The molecule has 3 nitrogen and oxygen atoms in total. The Morgan fingerprint density at radius 1 is 1.37 bits per heavy atom. The minimum Gasteiger partial charge on any atom is -0.396 e. The van der Waals surface area contributed by atoms with E-state index in [-0.39, 0.29) is 17.2 Å². The highest BCUT2D eigenvalue weighted by atomic mass is 32.1. The van der Waals surface area contributed by atoms with Gasteiger partial charge in [-0.1, -0.05) is 6.07 Å². The number of hydrogen-bond acceptors (Lipinski definition) is 3. The van der Waals surface area contributed by atoms with Gasteiger partial charge in [0.25, 0.3) is 5.91 Å². The zero-order chi connectivity index (χ0) is 13.4. The number of para-hydroxylation sites is 1. The Balaban J connectivity index is 1.88. The van der Waals surface area contributed by atoms with E-state index in [1.165, 1.54) is 22.6 Å². The van der Waals surface area contributed by atoms with Crippen LogP contribution >= 0.6 is 11.3 Å². The van der Waals surface area contributed by atoms with Gasteiger partial charge in [0.2, 0.25) is 0 Å². The van der Waals surface area contributed by atoms with Crippen LogP contribution in [0, 0.1) is 5.82 Å². The Bertz CT molecular complexity index is 638. The molecule has 1 aromatic heterocycles. The first-order valence-corrected chi connectivity index (χ1v) is 6.93. The summed E-state index contributed by atoms with van der Waals surface area (Å²) in [5.41, 5.74) is 7.01. The van der Waals surface area contributed by atoms with Gasteiger partial charge in [0.1, 0.15) is 5.82 Å². The molecule has 98 valence electrons. The number of anilines is 1. The van der Waals surface area contributed by atoms with Gasteiger partial charge in [-0.15, -0.1) is 11.3 Å². The molecule has 1 aliphatic heterocycles. The molecule has 3 rings (SSSR count). The summed E-state index contributed by atoms with van der Waals surface area (Å²) in [5.74, 6) is -0.743. The Labute approximate surface area is 114 Å². The molecule has 1 aliphatic rings. The summed E-state index contributed by atoms with van der Waals surface area (Å²) < 4.78 is 13.4. The lowest BCUT2D eigenvalue weighted by atomic mass is 10.1. The van der Waals surface area contributed by atoms with Gasteiger partial charge in [0.15, 0.2) is 0 Å². The molecule has 19 heavy (non-hydrogen) atoms. The summed E-state index contributed by atoms with van der Waals surface area (Å²) in [5, 5.41) is 2.04. The van der Waals surface area contributed by atoms with Crippen molar-refractivity contribution in [3.05, 3.63) is 51.5 Å². The minimum absolute atomic E-state index is 0.0661. The highest BCUT2D eigenvalue weighted by Gasteiger charge is 2.24. The Morgan fingerprint density at radius 3 is 3.05 bits per heavy atom. The molecule has 0 aliphatic carbocycles. The maximum Gasteiger partial charge on any atom is 0.256 e. The number of thiophene rings is 1. The molecule has 2 heterocycles. The molecular weight excluding hydrogens is 263 g/mol. The van der Waals surface area contributed by atoms with E-state index in [0.717, 1.165) is 6.42 Å². The number of nitrogens with zero attached hydrogens (tertiary/aromatic N) is 1. The van der Waals surface area contributed by atoms with Crippen LogP contribution in [0.25, 0.3) is 0 Å². The molecule has 1 amide bonds. The van der Waals surface area contributed by atoms with Crippen LogP contribution in [0.5, 0.6) is 0 Å². The van der Waals surface area contributed by atoms with Gasteiger partial charge in [-0.25, -0.2) is 4.39 Å². The number of nitrogens with two attached hydrogens (primary N) is 1. The van der Waals surface area contributed by atoms with Gasteiger partial charge >= 0.3 is 0 Å². The number of nitrogen functional groups attached to an aromatic ring is 1. The molecule has 0 bridgehead atoms. The first-order chi connectivity index (χ1) is 9.16. The van der Waals surface area contributed by atoms with E-state index >= 15 is 0 Å². The number of hydrogen-bond donors (Lipinski definition) is 1. The number of carbonyl (C=O) groups excluding carboxylic acids is 1. The highest BCUT2D eigenvalue weighted by molar-refractivity contribution is 7.10. The van der Waals surface area contributed by atoms with Crippen molar-refractivity contribution in [1.29, 1.82) is 0 Å². The van der Waals surface area contributed by atoms with Crippen molar-refractivity contribution >= 4 is 22.9 Å². The molecule has 0 unspecified atom stereocenters. The van der Waals surface area contributed by atoms with Crippen LogP contribution in [0.2, 0.25) is 0 Å². The quantitative estimate of drug-likeness (QED) is 0.814. The number of halogens is 1. The molecule has 0 fully saturated rings. The monoisotopic (exact) mass is 276 g/mol. The van der Waals surface area contributed by atoms with Crippen molar-refractivity contribution in [2.75, 3.05) is 12.3 Å². The van der Waals surface area contributed by atoms with Crippen LogP contribution < -0.4 is 5.73 Å². The van der Waals surface area contributed by atoms with E-state index in [9.17, 15) is 9.18 Å². The molecule has 0 saturated heterocycles. The standard InChI is InChI=1S/C14H13FN2OS/c15-11-3-1-2-10(13(11)16)14(18)17-6-4-12-9(8-17)5-7-19-12/h1-3,5,7H,4,6,8,16H2. The summed E-state index contributed by atoms with van der Waals surface area (Å²) >= 11 is 1.72. The van der Waals surface area contributed by atoms with Crippen molar-refractivity contribution in [3.8, 4) is 0 Å². The molecule has 2 aromatic rings. The zero-order valence-electron chi connectivity index (χ0n) is 10.2. The second kappa shape index (κ2) is 4.66. The van der Waals surface area contributed by atoms with E-state index in [0.29, 0.717) is 13.1 Å². The predicted octanol–water partition coefficient (Wildman–Crippen LogP) is 2.67. The number of rotatable bonds is 1. The van der Waals surface area contributed by atoms with Gasteiger partial charge in [0.05, 0.1) is 11.3 Å². The smallest absolute Gasteiger partial charge is 0.256 e. The molecule has 0 radical (unpaired) electrons. The van der Waals surface area contributed by atoms with E-state index in [4.69, 9.17) is 5.73 Å². The van der Waals surface area contributed by atoms with Crippen LogP contribution in [-0.4, -0.2) is 17.4 Å². The average Bonchev–Trinajstić information content (AvgIpc) is 2.88. The first-order valence-electron chi connectivity index (χ1n) is 6.05. The summed E-state index contributed by atoms with van der Waals surface area (Å²) in [6.07, 6.45) is 0.855. The van der Waals surface area contributed by atoms with E-state index in [1.807, 2.05) is 11.4 Å². The van der Waals surface area contributed by atoms with E-state index in [1.54, 1.807) is 22.3 Å². The third-order valence-electron chi connectivity index (χ3n) is 3.38. The maximum absolute atomic E-state index is 13.4. The fraction of sp³-hybridized carbons (Fsp3) is 0.214. The SMILES string of the molecule is Nc1c(F)cccc1C(=O)N1CCc2sccc2C1. The number of fused-ring (bicyclic) bond motifs is 1. The Kier molecular flexibility index (Phi) is 2.98. The second-order valence-electron chi connectivity index (χ2n) is 4.55. The van der Waals surface area contributed by atoms with Gasteiger partial charge in [-0.2, -0.15) is 0 Å². The first kappa shape index (κ1) is 12.2. The van der Waals surface area contributed by atoms with Crippen LogP contribution in [0.1, 0.15) is 20.8 Å². The normalized spacial score (nSPS) is 14.3. The van der Waals surface area contributed by atoms with E-state index < -0.39 is 5.82 Å². The van der Waals surface area contributed by atoms with Gasteiger partial charge < -0.3 is 10.6 Å². The van der Waals surface area contributed by atoms with Crippen LogP contribution in [0.3, 0.4) is 0 Å². The van der Waals surface area contributed by atoms with Crippen molar-refractivity contribution in [2.45, 2.75) is 13.0 Å². The Morgan fingerprint density at radius 2 is 2.21 bits per heavy atom. The number of carbonyl (C=O) groups is 1. The molecule has 2 N–H and O–H groups in total. The lowest BCUT2D eigenvalue weighted by Gasteiger charge is -2.27. The zero-order valence-corrected chi connectivity index (χ0v) is 11.0. The third kappa shape index (κ3) is 2.10. The molecule has 0 atom stereocenters. The third-order valence-corrected chi connectivity index (χ3v) is 4.40. The fourth-order valence-corrected chi connectivity index (χ4v) is 3.21. The lowest BCUT2D eigenvalue weighted by molar-refractivity contribution is 0.0736. The number of amides is 1. The summed E-state index contributed by atoms with van der Waals surface area (Å²) in [6, 6.07) is 6.39. The molecular formula is C14H13FN2OS. The molecule has 0 saturated carbocycles. The largest absolute Gasteiger partial charge is 0.396 e. The molecule has 5 heteroatoms. The van der Waals surface area contributed by atoms with Crippen molar-refractivity contribution in [3.63, 3.8) is 0 Å². The van der Waals surface area contributed by atoms with Crippen molar-refractivity contribution < 1.29 is 9.18 Å². The van der Waals surface area contributed by atoms with Gasteiger partial charge in [-0.3, -0.25) is 4.79 Å². The fourth-order valence-electron chi connectivity index (χ4n) is 2.32. The lowest BCUT2D eigenvalue weighted by Crippen LogP contribution is -2.35. The maximum atomic E-state index is 13.4. The summed E-state index contributed by atoms with van der Waals surface area (Å²) in [4.78, 5) is 15.4. The molecule has 1 aromatic carbocycles. The second-order valence-corrected chi connectivity index (χ2v) is 5.55. The van der Waals surface area contributed by atoms with Crippen molar-refractivity contribution in [1.82, 2.24) is 4.90 Å². The predicted molar refractivity (Wildman–Crippen MR) is 73.6 cm³/mol. The molecule has 0 spiro atoms. The van der Waals surface area contributed by atoms with E-state index in [2.05, 4.69) is 0 Å². The minimum atomic E-state index is -0.543.